The normalized spacial score (nSPS) is 24.1. The Hall–Kier alpha value is -1.27. The third kappa shape index (κ3) is 3.86. The molecule has 1 aromatic carbocycles. The number of benzene rings is 1. The molecule has 0 spiro atoms. The van der Waals surface area contributed by atoms with Gasteiger partial charge in [-0.3, -0.25) is 0 Å². The summed E-state index contributed by atoms with van der Waals surface area (Å²) in [5.41, 5.74) is 6.82. The molecule has 1 fully saturated rings. The van der Waals surface area contributed by atoms with Crippen LogP contribution in [0.2, 0.25) is 0 Å². The number of hydrogen-bond donors (Lipinski definition) is 3. The summed E-state index contributed by atoms with van der Waals surface area (Å²) in [7, 11) is -3.75. The zero-order valence-electron chi connectivity index (χ0n) is 11.8. The van der Waals surface area contributed by atoms with Gasteiger partial charge in [-0.2, -0.15) is 0 Å². The number of nitrogens with one attached hydrogen (secondary N) is 1. The molecule has 0 amide bonds. The highest BCUT2D eigenvalue weighted by Gasteiger charge is 2.17. The summed E-state index contributed by atoms with van der Waals surface area (Å²) >= 11 is 0. The van der Waals surface area contributed by atoms with Crippen LogP contribution in [0.3, 0.4) is 0 Å². The van der Waals surface area contributed by atoms with Gasteiger partial charge in [0.25, 0.3) is 0 Å². The third-order valence-electron chi connectivity index (χ3n) is 3.94. The summed E-state index contributed by atoms with van der Waals surface area (Å²) in [5, 5.41) is 8.54. The average molecular weight is 297 g/mol. The Labute approximate surface area is 120 Å². The first-order valence-corrected chi connectivity index (χ1v) is 8.60. The lowest BCUT2D eigenvalue weighted by molar-refractivity contribution is 0.502. The lowest BCUT2D eigenvalue weighted by Gasteiger charge is -2.18. The molecule has 1 aromatic rings. The Morgan fingerprint density at radius 3 is 2.60 bits per heavy atom. The van der Waals surface area contributed by atoms with E-state index in [-0.39, 0.29) is 10.6 Å². The van der Waals surface area contributed by atoms with Gasteiger partial charge in [0.05, 0.1) is 5.69 Å². The van der Waals surface area contributed by atoms with Crippen LogP contribution < -0.4 is 16.2 Å². The summed E-state index contributed by atoms with van der Waals surface area (Å²) in [6.07, 6.45) is 6.01. The Morgan fingerprint density at radius 2 is 1.95 bits per heavy atom. The van der Waals surface area contributed by atoms with E-state index in [0.717, 1.165) is 24.4 Å². The predicted octanol–water partition coefficient (Wildman–Crippen LogP) is 2.30. The summed E-state index contributed by atoms with van der Waals surface area (Å²) in [5.74, 6) is 0.789. The Bertz CT molecular complexity index is 572. The molecular formula is C14H23N3O2S. The van der Waals surface area contributed by atoms with Gasteiger partial charge in [-0.25, -0.2) is 13.6 Å². The van der Waals surface area contributed by atoms with Gasteiger partial charge >= 0.3 is 0 Å². The maximum absolute atomic E-state index is 11.3. The summed E-state index contributed by atoms with van der Waals surface area (Å²) in [6, 6.07) is 5.27. The zero-order chi connectivity index (χ0) is 14.8. The maximum atomic E-state index is 11.3. The lowest BCUT2D eigenvalue weighted by Crippen LogP contribution is -2.19. The zero-order valence-corrected chi connectivity index (χ0v) is 12.6. The lowest BCUT2D eigenvalue weighted by atomic mass is 10.0. The average Bonchev–Trinajstić information content (AvgIpc) is 2.53. The molecular weight excluding hydrogens is 274 g/mol. The van der Waals surface area contributed by atoms with Crippen molar-refractivity contribution in [2.75, 3.05) is 11.1 Å². The minimum atomic E-state index is -3.75. The van der Waals surface area contributed by atoms with E-state index >= 15 is 0 Å². The number of hydrogen-bond acceptors (Lipinski definition) is 4. The Morgan fingerprint density at radius 1 is 1.20 bits per heavy atom. The van der Waals surface area contributed by atoms with E-state index < -0.39 is 10.0 Å². The highest BCUT2D eigenvalue weighted by Crippen LogP contribution is 2.27. The molecule has 1 aliphatic rings. The van der Waals surface area contributed by atoms with Crippen LogP contribution in [0.5, 0.6) is 0 Å². The van der Waals surface area contributed by atoms with E-state index in [4.69, 9.17) is 10.9 Å². The first kappa shape index (κ1) is 15.1. The van der Waals surface area contributed by atoms with Crippen LogP contribution in [0, 0.1) is 5.92 Å². The van der Waals surface area contributed by atoms with Crippen molar-refractivity contribution in [1.82, 2.24) is 0 Å². The van der Waals surface area contributed by atoms with Crippen molar-refractivity contribution >= 4 is 21.4 Å². The van der Waals surface area contributed by atoms with Crippen molar-refractivity contribution in [2.45, 2.75) is 50.0 Å². The van der Waals surface area contributed by atoms with E-state index in [9.17, 15) is 8.42 Å². The molecule has 20 heavy (non-hydrogen) atoms. The molecule has 5 nitrogen and oxygen atoms in total. The molecule has 0 heterocycles. The van der Waals surface area contributed by atoms with Gasteiger partial charge in [-0.05, 0) is 43.4 Å². The van der Waals surface area contributed by atoms with Gasteiger partial charge in [0, 0.05) is 11.7 Å². The smallest absolute Gasteiger partial charge is 0.240 e. The standard InChI is InChI=1S/C14H23N3O2S/c1-10-3-2-4-11(6-5-10)17-12-7-8-14(13(15)9-12)20(16,18)19/h7-11,17H,2-6,15H2,1H3,(H2,16,18,19). The van der Waals surface area contributed by atoms with Crippen LogP contribution >= 0.6 is 0 Å². The Kier molecular flexibility index (Phi) is 4.55. The van der Waals surface area contributed by atoms with E-state index in [2.05, 4.69) is 12.2 Å². The van der Waals surface area contributed by atoms with Crippen LogP contribution in [0.25, 0.3) is 0 Å². The van der Waals surface area contributed by atoms with Gasteiger partial charge in [0.2, 0.25) is 10.0 Å². The summed E-state index contributed by atoms with van der Waals surface area (Å²) in [4.78, 5) is -0.0162. The third-order valence-corrected chi connectivity index (χ3v) is 4.93. The summed E-state index contributed by atoms with van der Waals surface area (Å²) < 4.78 is 22.6. The van der Waals surface area contributed by atoms with Crippen molar-refractivity contribution in [3.05, 3.63) is 18.2 Å². The number of rotatable bonds is 3. The second kappa shape index (κ2) is 6.01. The van der Waals surface area contributed by atoms with Crippen molar-refractivity contribution in [3.63, 3.8) is 0 Å². The summed E-state index contributed by atoms with van der Waals surface area (Å²) in [6.45, 7) is 2.29. The second-order valence-corrected chi connectivity index (χ2v) is 7.28. The second-order valence-electron chi connectivity index (χ2n) is 5.75. The number of primary sulfonamides is 1. The fourth-order valence-electron chi connectivity index (χ4n) is 2.76. The van der Waals surface area contributed by atoms with Gasteiger partial charge in [-0.15, -0.1) is 0 Å². The molecule has 112 valence electrons. The molecule has 5 N–H and O–H groups in total. The molecule has 2 rings (SSSR count). The molecule has 0 aromatic heterocycles. The molecule has 2 atom stereocenters. The predicted molar refractivity (Wildman–Crippen MR) is 81.9 cm³/mol. The van der Waals surface area contributed by atoms with Gasteiger partial charge in [-0.1, -0.05) is 19.8 Å². The minimum Gasteiger partial charge on any atom is -0.398 e. The topological polar surface area (TPSA) is 98.2 Å². The van der Waals surface area contributed by atoms with Crippen molar-refractivity contribution in [2.24, 2.45) is 11.1 Å². The Balaban J connectivity index is 2.09. The largest absolute Gasteiger partial charge is 0.398 e. The first-order valence-electron chi connectivity index (χ1n) is 7.05. The van der Waals surface area contributed by atoms with Gasteiger partial charge < -0.3 is 11.1 Å². The van der Waals surface area contributed by atoms with Crippen LogP contribution in [0.1, 0.15) is 39.0 Å². The number of nitrogen functional groups attached to an aromatic ring is 1. The van der Waals surface area contributed by atoms with Crippen molar-refractivity contribution < 1.29 is 8.42 Å². The fraction of sp³-hybridized carbons (Fsp3) is 0.571. The van der Waals surface area contributed by atoms with E-state index in [1.165, 1.54) is 25.3 Å². The van der Waals surface area contributed by atoms with Gasteiger partial charge in [0.1, 0.15) is 4.90 Å². The monoisotopic (exact) mass is 297 g/mol. The van der Waals surface area contributed by atoms with Crippen LogP contribution in [0.4, 0.5) is 11.4 Å². The fourth-order valence-corrected chi connectivity index (χ4v) is 3.41. The molecule has 2 unspecified atom stereocenters. The van der Waals surface area contributed by atoms with Gasteiger partial charge in [0.15, 0.2) is 0 Å². The molecule has 0 radical (unpaired) electrons. The molecule has 0 saturated heterocycles. The van der Waals surface area contributed by atoms with Crippen molar-refractivity contribution in [1.29, 1.82) is 0 Å². The van der Waals surface area contributed by atoms with Crippen LogP contribution in [-0.2, 0) is 10.0 Å². The number of sulfonamides is 1. The molecule has 1 saturated carbocycles. The van der Waals surface area contributed by atoms with E-state index in [1.807, 2.05) is 0 Å². The number of nitrogens with two attached hydrogens (primary N) is 2. The molecule has 6 heteroatoms. The van der Waals surface area contributed by atoms with Crippen LogP contribution in [0.15, 0.2) is 23.1 Å². The maximum Gasteiger partial charge on any atom is 0.240 e. The number of anilines is 2. The first-order chi connectivity index (χ1) is 9.36. The van der Waals surface area contributed by atoms with E-state index in [1.54, 1.807) is 12.1 Å². The van der Waals surface area contributed by atoms with Crippen LogP contribution in [-0.4, -0.2) is 14.5 Å². The molecule has 1 aliphatic carbocycles. The highest BCUT2D eigenvalue weighted by molar-refractivity contribution is 7.89. The quantitative estimate of drug-likeness (QED) is 0.589. The molecule has 0 aliphatic heterocycles. The van der Waals surface area contributed by atoms with E-state index in [0.29, 0.717) is 6.04 Å². The van der Waals surface area contributed by atoms with Crippen molar-refractivity contribution in [3.8, 4) is 0 Å². The SMILES string of the molecule is CC1CCCC(Nc2ccc(S(N)(=O)=O)c(N)c2)CC1. The molecule has 0 bridgehead atoms. The highest BCUT2D eigenvalue weighted by atomic mass is 32.2. The minimum absolute atomic E-state index is 0.0162.